The van der Waals surface area contributed by atoms with E-state index in [1.165, 1.54) is 12.8 Å². The lowest BCUT2D eigenvalue weighted by Gasteiger charge is -2.19. The summed E-state index contributed by atoms with van der Waals surface area (Å²) >= 11 is 0. The highest BCUT2D eigenvalue weighted by molar-refractivity contribution is 5.89. The highest BCUT2D eigenvalue weighted by atomic mass is 16.3. The fourth-order valence-electron chi connectivity index (χ4n) is 2.69. The SMILES string of the molecule is CNC(=O)Cc1ccc(NC(=O)NC[C@@H](O)CN2CCCC2)cc1. The van der Waals surface area contributed by atoms with Crippen molar-refractivity contribution in [2.75, 3.05) is 38.5 Å². The van der Waals surface area contributed by atoms with Gasteiger partial charge in [-0.2, -0.15) is 0 Å². The number of likely N-dealkylation sites (N-methyl/N-ethyl adjacent to an activating group) is 1. The van der Waals surface area contributed by atoms with Crippen LogP contribution in [0.15, 0.2) is 24.3 Å². The summed E-state index contributed by atoms with van der Waals surface area (Å²) in [5.74, 6) is -0.0551. The van der Waals surface area contributed by atoms with Crippen molar-refractivity contribution < 1.29 is 14.7 Å². The van der Waals surface area contributed by atoms with E-state index in [2.05, 4.69) is 20.9 Å². The van der Waals surface area contributed by atoms with E-state index in [1.54, 1.807) is 31.3 Å². The minimum absolute atomic E-state index is 0.0551. The summed E-state index contributed by atoms with van der Waals surface area (Å²) in [5, 5.41) is 17.9. The first-order valence-corrected chi connectivity index (χ1v) is 8.31. The van der Waals surface area contributed by atoms with Crippen LogP contribution in [0.1, 0.15) is 18.4 Å². The molecule has 0 aliphatic carbocycles. The number of likely N-dealkylation sites (tertiary alicyclic amines) is 1. The van der Waals surface area contributed by atoms with Gasteiger partial charge in [-0.05, 0) is 43.6 Å². The second-order valence-electron chi connectivity index (χ2n) is 6.04. The van der Waals surface area contributed by atoms with E-state index in [0.717, 1.165) is 18.7 Å². The van der Waals surface area contributed by atoms with Gasteiger partial charge < -0.3 is 26.0 Å². The Morgan fingerprint density at radius 3 is 2.50 bits per heavy atom. The van der Waals surface area contributed by atoms with E-state index in [9.17, 15) is 14.7 Å². The monoisotopic (exact) mass is 334 g/mol. The number of aliphatic hydroxyl groups excluding tert-OH is 1. The Morgan fingerprint density at radius 1 is 1.21 bits per heavy atom. The third-order valence-corrected chi connectivity index (χ3v) is 4.02. The van der Waals surface area contributed by atoms with Gasteiger partial charge in [0, 0.05) is 25.8 Å². The summed E-state index contributed by atoms with van der Waals surface area (Å²) in [6.45, 7) is 2.85. The van der Waals surface area contributed by atoms with Crippen LogP contribution in [0, 0.1) is 0 Å². The molecule has 7 nitrogen and oxygen atoms in total. The van der Waals surface area contributed by atoms with Gasteiger partial charge in [-0.15, -0.1) is 0 Å². The Morgan fingerprint density at radius 2 is 1.88 bits per heavy atom. The third-order valence-electron chi connectivity index (χ3n) is 4.02. The molecule has 3 amide bonds. The number of hydrogen-bond acceptors (Lipinski definition) is 4. The van der Waals surface area contributed by atoms with Crippen LogP contribution < -0.4 is 16.0 Å². The number of carbonyl (C=O) groups is 2. The molecule has 0 unspecified atom stereocenters. The molecule has 0 saturated carbocycles. The number of urea groups is 1. The van der Waals surface area contributed by atoms with E-state index in [-0.39, 0.29) is 18.5 Å². The molecule has 1 heterocycles. The van der Waals surface area contributed by atoms with Crippen molar-refractivity contribution >= 4 is 17.6 Å². The predicted octanol–water partition coefficient (Wildman–Crippen LogP) is 0.553. The van der Waals surface area contributed by atoms with E-state index in [1.807, 2.05) is 0 Å². The lowest BCUT2D eigenvalue weighted by Crippen LogP contribution is -2.40. The van der Waals surface area contributed by atoms with E-state index in [4.69, 9.17) is 0 Å². The molecule has 1 aromatic rings. The molecule has 1 saturated heterocycles. The molecule has 24 heavy (non-hydrogen) atoms. The Bertz CT molecular complexity index is 541. The lowest BCUT2D eigenvalue weighted by molar-refractivity contribution is -0.119. The van der Waals surface area contributed by atoms with E-state index < -0.39 is 6.10 Å². The van der Waals surface area contributed by atoms with Crippen LogP contribution in [-0.4, -0.2) is 61.3 Å². The largest absolute Gasteiger partial charge is 0.390 e. The van der Waals surface area contributed by atoms with Crippen LogP contribution in [0.3, 0.4) is 0 Å². The van der Waals surface area contributed by atoms with E-state index in [0.29, 0.717) is 18.7 Å². The summed E-state index contributed by atoms with van der Waals surface area (Å²) in [5.41, 5.74) is 1.52. The van der Waals surface area contributed by atoms with Gasteiger partial charge in [-0.1, -0.05) is 12.1 Å². The average Bonchev–Trinajstić information content (AvgIpc) is 3.07. The van der Waals surface area contributed by atoms with Crippen LogP contribution in [0.25, 0.3) is 0 Å². The molecule has 2 rings (SSSR count). The van der Waals surface area contributed by atoms with E-state index >= 15 is 0 Å². The number of nitrogens with one attached hydrogen (secondary N) is 3. The maximum atomic E-state index is 11.9. The first-order chi connectivity index (χ1) is 11.6. The molecule has 0 aromatic heterocycles. The van der Waals surface area contributed by atoms with Crippen LogP contribution in [-0.2, 0) is 11.2 Å². The van der Waals surface area contributed by atoms with Crippen molar-refractivity contribution in [1.29, 1.82) is 0 Å². The quantitative estimate of drug-likeness (QED) is 0.586. The molecule has 7 heteroatoms. The van der Waals surface area contributed by atoms with Gasteiger partial charge in [0.25, 0.3) is 0 Å². The number of anilines is 1. The lowest BCUT2D eigenvalue weighted by atomic mass is 10.1. The number of hydrogen-bond donors (Lipinski definition) is 4. The molecule has 0 bridgehead atoms. The summed E-state index contributed by atoms with van der Waals surface area (Å²) in [7, 11) is 1.60. The minimum atomic E-state index is -0.566. The van der Waals surface area contributed by atoms with Crippen LogP contribution >= 0.6 is 0 Å². The van der Waals surface area contributed by atoms with Crippen molar-refractivity contribution in [3.8, 4) is 0 Å². The molecule has 4 N–H and O–H groups in total. The normalized spacial score (nSPS) is 15.8. The maximum Gasteiger partial charge on any atom is 0.319 e. The molecule has 1 atom stereocenters. The Kier molecular flexibility index (Phi) is 7.02. The molecule has 1 fully saturated rings. The highest BCUT2D eigenvalue weighted by Crippen LogP contribution is 2.10. The molecular formula is C17H26N4O3. The zero-order valence-electron chi connectivity index (χ0n) is 14.0. The summed E-state index contributed by atoms with van der Waals surface area (Å²) in [4.78, 5) is 25.4. The first-order valence-electron chi connectivity index (χ1n) is 8.31. The van der Waals surface area contributed by atoms with Crippen molar-refractivity contribution in [2.45, 2.75) is 25.4 Å². The zero-order chi connectivity index (χ0) is 17.4. The van der Waals surface area contributed by atoms with Crippen LogP contribution in [0.5, 0.6) is 0 Å². The molecule has 132 valence electrons. The number of benzene rings is 1. The fraction of sp³-hybridized carbons (Fsp3) is 0.529. The van der Waals surface area contributed by atoms with Crippen LogP contribution in [0.2, 0.25) is 0 Å². The summed E-state index contributed by atoms with van der Waals surface area (Å²) < 4.78 is 0. The molecular weight excluding hydrogens is 308 g/mol. The van der Waals surface area contributed by atoms with Crippen molar-refractivity contribution in [2.24, 2.45) is 0 Å². The van der Waals surface area contributed by atoms with Gasteiger partial charge >= 0.3 is 6.03 Å². The number of β-amino-alcohol motifs (C(OH)–C–C–N with tert-alkyl or cyclic N) is 1. The third kappa shape index (κ3) is 6.17. The number of carbonyl (C=O) groups excluding carboxylic acids is 2. The second kappa shape index (κ2) is 9.24. The molecule has 1 aliphatic rings. The number of rotatable bonds is 7. The molecule has 1 aromatic carbocycles. The van der Waals surface area contributed by atoms with Crippen molar-refractivity contribution in [3.05, 3.63) is 29.8 Å². The Hall–Kier alpha value is -2.12. The fourth-order valence-corrected chi connectivity index (χ4v) is 2.69. The van der Waals surface area contributed by atoms with Gasteiger partial charge in [0.15, 0.2) is 0 Å². The topological polar surface area (TPSA) is 93.7 Å². The number of nitrogens with zero attached hydrogens (tertiary/aromatic N) is 1. The maximum absolute atomic E-state index is 11.9. The number of amides is 3. The molecule has 1 aliphatic heterocycles. The zero-order valence-corrected chi connectivity index (χ0v) is 14.0. The Balaban J connectivity index is 1.70. The first kappa shape index (κ1) is 18.2. The highest BCUT2D eigenvalue weighted by Gasteiger charge is 2.16. The van der Waals surface area contributed by atoms with Gasteiger partial charge in [0.1, 0.15) is 0 Å². The average molecular weight is 334 g/mol. The van der Waals surface area contributed by atoms with Gasteiger partial charge in [0.2, 0.25) is 5.91 Å². The minimum Gasteiger partial charge on any atom is -0.390 e. The Labute approximate surface area is 142 Å². The standard InChI is InChI=1S/C17H26N4O3/c1-18-16(23)10-13-4-6-14(7-5-13)20-17(24)19-11-15(22)12-21-8-2-3-9-21/h4-7,15,22H,2-3,8-12H2,1H3,(H,18,23)(H2,19,20,24)/t15-/m1/s1. The van der Waals surface area contributed by atoms with Crippen molar-refractivity contribution in [3.63, 3.8) is 0 Å². The van der Waals surface area contributed by atoms with Gasteiger partial charge in [-0.3, -0.25) is 4.79 Å². The van der Waals surface area contributed by atoms with Gasteiger partial charge in [0.05, 0.1) is 12.5 Å². The summed E-state index contributed by atoms with van der Waals surface area (Å²) in [6.07, 6.45) is 2.10. The molecule has 0 radical (unpaired) electrons. The number of aliphatic hydroxyl groups is 1. The van der Waals surface area contributed by atoms with Crippen LogP contribution in [0.4, 0.5) is 10.5 Å². The summed E-state index contributed by atoms with van der Waals surface area (Å²) in [6, 6.07) is 6.74. The molecule has 0 spiro atoms. The second-order valence-corrected chi connectivity index (χ2v) is 6.04. The predicted molar refractivity (Wildman–Crippen MR) is 92.9 cm³/mol. The van der Waals surface area contributed by atoms with Gasteiger partial charge in [-0.25, -0.2) is 4.79 Å². The smallest absolute Gasteiger partial charge is 0.319 e. The van der Waals surface area contributed by atoms with Crippen molar-refractivity contribution in [1.82, 2.24) is 15.5 Å².